The molecule has 0 saturated heterocycles. The van der Waals surface area contributed by atoms with Crippen LogP contribution in [0.5, 0.6) is 0 Å². The molecule has 72 valence electrons. The number of anilines is 1. The summed E-state index contributed by atoms with van der Waals surface area (Å²) >= 11 is 0. The molecule has 0 saturated carbocycles. The SMILES string of the molecule is CCCNc1ncnc(C)c1CC. The highest BCUT2D eigenvalue weighted by atomic mass is 15.0. The molecule has 0 atom stereocenters. The van der Waals surface area contributed by atoms with Crippen molar-refractivity contribution in [1.29, 1.82) is 0 Å². The Morgan fingerprint density at radius 1 is 1.31 bits per heavy atom. The lowest BCUT2D eigenvalue weighted by molar-refractivity contribution is 0.935. The van der Waals surface area contributed by atoms with Crippen molar-refractivity contribution in [2.75, 3.05) is 11.9 Å². The van der Waals surface area contributed by atoms with Crippen molar-refractivity contribution in [1.82, 2.24) is 9.97 Å². The van der Waals surface area contributed by atoms with Crippen LogP contribution in [-0.4, -0.2) is 16.5 Å². The van der Waals surface area contributed by atoms with Gasteiger partial charge in [-0.2, -0.15) is 0 Å². The van der Waals surface area contributed by atoms with Crippen LogP contribution in [0.2, 0.25) is 0 Å². The predicted molar refractivity (Wildman–Crippen MR) is 54.9 cm³/mol. The number of hydrogen-bond donors (Lipinski definition) is 1. The molecular weight excluding hydrogens is 162 g/mol. The Hall–Kier alpha value is -1.12. The van der Waals surface area contributed by atoms with E-state index < -0.39 is 0 Å². The van der Waals surface area contributed by atoms with Crippen LogP contribution in [0.1, 0.15) is 31.5 Å². The number of rotatable bonds is 4. The molecule has 0 aliphatic carbocycles. The Balaban J connectivity index is 2.85. The Kier molecular flexibility index (Phi) is 3.68. The largest absolute Gasteiger partial charge is 0.370 e. The maximum Gasteiger partial charge on any atom is 0.132 e. The second-order valence-corrected chi connectivity index (χ2v) is 3.07. The lowest BCUT2D eigenvalue weighted by Gasteiger charge is -2.09. The third-order valence-electron chi connectivity index (χ3n) is 2.06. The molecule has 0 aromatic carbocycles. The van der Waals surface area contributed by atoms with E-state index >= 15 is 0 Å². The second-order valence-electron chi connectivity index (χ2n) is 3.07. The molecule has 0 spiro atoms. The van der Waals surface area contributed by atoms with E-state index in [4.69, 9.17) is 0 Å². The van der Waals surface area contributed by atoms with Crippen LogP contribution in [0.25, 0.3) is 0 Å². The third-order valence-corrected chi connectivity index (χ3v) is 2.06. The van der Waals surface area contributed by atoms with Gasteiger partial charge in [-0.1, -0.05) is 13.8 Å². The molecule has 1 aromatic heterocycles. The van der Waals surface area contributed by atoms with Crippen molar-refractivity contribution in [3.63, 3.8) is 0 Å². The van der Waals surface area contributed by atoms with Gasteiger partial charge in [0, 0.05) is 17.8 Å². The van der Waals surface area contributed by atoms with Crippen LogP contribution in [0.3, 0.4) is 0 Å². The molecule has 0 aliphatic heterocycles. The summed E-state index contributed by atoms with van der Waals surface area (Å²) in [5.41, 5.74) is 2.31. The number of aromatic nitrogens is 2. The maximum absolute atomic E-state index is 4.23. The molecule has 1 aromatic rings. The summed E-state index contributed by atoms with van der Waals surface area (Å²) in [5.74, 6) is 0.997. The zero-order valence-electron chi connectivity index (χ0n) is 8.59. The summed E-state index contributed by atoms with van der Waals surface area (Å²) in [6.07, 6.45) is 3.72. The molecule has 1 heterocycles. The first-order chi connectivity index (χ1) is 6.29. The zero-order valence-corrected chi connectivity index (χ0v) is 8.59. The van der Waals surface area contributed by atoms with Crippen molar-refractivity contribution < 1.29 is 0 Å². The second kappa shape index (κ2) is 4.80. The lowest BCUT2D eigenvalue weighted by atomic mass is 10.2. The van der Waals surface area contributed by atoms with Gasteiger partial charge in [-0.15, -0.1) is 0 Å². The molecule has 0 unspecified atom stereocenters. The molecule has 0 fully saturated rings. The lowest BCUT2D eigenvalue weighted by Crippen LogP contribution is -2.07. The maximum atomic E-state index is 4.23. The molecule has 1 N–H and O–H groups in total. The van der Waals surface area contributed by atoms with E-state index in [1.54, 1.807) is 6.33 Å². The van der Waals surface area contributed by atoms with Crippen molar-refractivity contribution in [3.8, 4) is 0 Å². The van der Waals surface area contributed by atoms with Gasteiger partial charge in [0.2, 0.25) is 0 Å². The monoisotopic (exact) mass is 179 g/mol. The first-order valence-electron chi connectivity index (χ1n) is 4.83. The Bertz CT molecular complexity index is 271. The van der Waals surface area contributed by atoms with Gasteiger partial charge in [-0.05, 0) is 19.8 Å². The van der Waals surface area contributed by atoms with Gasteiger partial charge in [0.1, 0.15) is 12.1 Å². The zero-order chi connectivity index (χ0) is 9.68. The van der Waals surface area contributed by atoms with Gasteiger partial charge < -0.3 is 5.32 Å². The molecule has 1 rings (SSSR count). The summed E-state index contributed by atoms with van der Waals surface area (Å²) in [4.78, 5) is 8.39. The van der Waals surface area contributed by atoms with Crippen molar-refractivity contribution in [2.24, 2.45) is 0 Å². The summed E-state index contributed by atoms with van der Waals surface area (Å²) < 4.78 is 0. The van der Waals surface area contributed by atoms with E-state index in [0.717, 1.165) is 30.9 Å². The third kappa shape index (κ3) is 2.41. The van der Waals surface area contributed by atoms with Gasteiger partial charge in [0.15, 0.2) is 0 Å². The van der Waals surface area contributed by atoms with E-state index in [1.807, 2.05) is 6.92 Å². The highest BCUT2D eigenvalue weighted by Gasteiger charge is 2.04. The van der Waals surface area contributed by atoms with Crippen LogP contribution < -0.4 is 5.32 Å². The molecule has 0 amide bonds. The van der Waals surface area contributed by atoms with E-state index in [9.17, 15) is 0 Å². The smallest absolute Gasteiger partial charge is 0.132 e. The van der Waals surface area contributed by atoms with Crippen LogP contribution in [0, 0.1) is 6.92 Å². The van der Waals surface area contributed by atoms with Crippen LogP contribution in [0.4, 0.5) is 5.82 Å². The van der Waals surface area contributed by atoms with E-state index in [2.05, 4.69) is 29.1 Å². The minimum absolute atomic E-state index is 0.976. The average molecular weight is 179 g/mol. The molecule has 3 nitrogen and oxygen atoms in total. The van der Waals surface area contributed by atoms with Crippen LogP contribution in [0.15, 0.2) is 6.33 Å². The van der Waals surface area contributed by atoms with Gasteiger partial charge >= 0.3 is 0 Å². The molecule has 0 bridgehead atoms. The summed E-state index contributed by atoms with van der Waals surface area (Å²) in [6, 6.07) is 0. The summed E-state index contributed by atoms with van der Waals surface area (Å²) in [7, 11) is 0. The Labute approximate surface area is 79.6 Å². The van der Waals surface area contributed by atoms with Crippen LogP contribution in [-0.2, 0) is 6.42 Å². The topological polar surface area (TPSA) is 37.8 Å². The molecule has 13 heavy (non-hydrogen) atoms. The van der Waals surface area contributed by atoms with E-state index in [0.29, 0.717) is 0 Å². The fourth-order valence-corrected chi connectivity index (χ4v) is 1.32. The van der Waals surface area contributed by atoms with E-state index in [1.165, 1.54) is 5.56 Å². The fraction of sp³-hybridized carbons (Fsp3) is 0.600. The predicted octanol–water partition coefficient (Wildman–Crippen LogP) is 2.17. The van der Waals surface area contributed by atoms with Crippen molar-refractivity contribution in [3.05, 3.63) is 17.6 Å². The normalized spacial score (nSPS) is 10.1. The minimum Gasteiger partial charge on any atom is -0.370 e. The number of hydrogen-bond acceptors (Lipinski definition) is 3. The van der Waals surface area contributed by atoms with Crippen molar-refractivity contribution in [2.45, 2.75) is 33.6 Å². The number of nitrogens with zero attached hydrogens (tertiary/aromatic N) is 2. The van der Waals surface area contributed by atoms with Gasteiger partial charge in [-0.3, -0.25) is 0 Å². The van der Waals surface area contributed by atoms with Crippen LogP contribution >= 0.6 is 0 Å². The molecule has 0 radical (unpaired) electrons. The Morgan fingerprint density at radius 3 is 2.69 bits per heavy atom. The van der Waals surface area contributed by atoms with Gasteiger partial charge in [-0.25, -0.2) is 9.97 Å². The summed E-state index contributed by atoms with van der Waals surface area (Å²) in [6.45, 7) is 7.27. The minimum atomic E-state index is 0.976. The van der Waals surface area contributed by atoms with E-state index in [-0.39, 0.29) is 0 Å². The number of nitrogens with one attached hydrogen (secondary N) is 1. The Morgan fingerprint density at radius 2 is 2.08 bits per heavy atom. The van der Waals surface area contributed by atoms with Gasteiger partial charge in [0.05, 0.1) is 0 Å². The highest BCUT2D eigenvalue weighted by Crippen LogP contribution is 2.14. The quantitative estimate of drug-likeness (QED) is 0.769. The van der Waals surface area contributed by atoms with Crippen molar-refractivity contribution >= 4 is 5.82 Å². The molecule has 3 heteroatoms. The summed E-state index contributed by atoms with van der Waals surface area (Å²) in [5, 5.41) is 3.30. The average Bonchev–Trinajstić information content (AvgIpc) is 2.15. The molecule has 0 aliphatic rings. The molecular formula is C10H17N3. The van der Waals surface area contributed by atoms with Gasteiger partial charge in [0.25, 0.3) is 0 Å². The first-order valence-corrected chi connectivity index (χ1v) is 4.83. The standard InChI is InChI=1S/C10H17N3/c1-4-6-11-10-9(5-2)8(3)12-7-13-10/h7H,4-6H2,1-3H3,(H,11,12,13). The number of aryl methyl sites for hydroxylation is 1. The highest BCUT2D eigenvalue weighted by molar-refractivity contribution is 5.45. The fourth-order valence-electron chi connectivity index (χ4n) is 1.32. The first kappa shape index (κ1) is 9.96.